The number of aromatic nitrogens is 1. The summed E-state index contributed by atoms with van der Waals surface area (Å²) in [7, 11) is 0. The average Bonchev–Trinajstić information content (AvgIpc) is 3.14. The summed E-state index contributed by atoms with van der Waals surface area (Å²) < 4.78 is 6.23. The molecule has 0 spiro atoms. The highest BCUT2D eigenvalue weighted by molar-refractivity contribution is 7.09. The standard InChI is InChI=1S/C23H29N3O3S/c1-17-24-21(16-30-17)23(28)25-12-20(29-15-18-8-4-2-5-9-18)13-26(22(27)14-25)19-10-6-3-7-11-19/h2,4-5,8-9,16,19-20H,3,6-7,10-15H2,1H3/t20-/m1/s1. The Balaban J connectivity index is 1.52. The molecular formula is C23H29N3O3S. The molecule has 2 aromatic rings. The third-order valence-electron chi connectivity index (χ3n) is 5.94. The third kappa shape index (κ3) is 5.08. The molecule has 0 bridgehead atoms. The number of ether oxygens (including phenoxy) is 1. The van der Waals surface area contributed by atoms with E-state index in [1.54, 1.807) is 10.3 Å². The number of nitrogens with zero attached hydrogens (tertiary/aromatic N) is 3. The van der Waals surface area contributed by atoms with E-state index in [0.717, 1.165) is 36.3 Å². The molecule has 30 heavy (non-hydrogen) atoms. The maximum atomic E-state index is 13.1. The predicted molar refractivity (Wildman–Crippen MR) is 116 cm³/mol. The van der Waals surface area contributed by atoms with Gasteiger partial charge in [-0.15, -0.1) is 11.3 Å². The first-order chi connectivity index (χ1) is 14.6. The van der Waals surface area contributed by atoms with E-state index >= 15 is 0 Å². The molecule has 0 N–H and O–H groups in total. The van der Waals surface area contributed by atoms with Gasteiger partial charge in [0.2, 0.25) is 5.91 Å². The van der Waals surface area contributed by atoms with E-state index in [9.17, 15) is 9.59 Å². The van der Waals surface area contributed by atoms with E-state index in [1.807, 2.05) is 42.2 Å². The number of thiazole rings is 1. The molecule has 2 heterocycles. The minimum absolute atomic E-state index is 0.0213. The lowest BCUT2D eigenvalue weighted by atomic mass is 9.94. The molecule has 4 rings (SSSR count). The summed E-state index contributed by atoms with van der Waals surface area (Å²) in [5.41, 5.74) is 1.50. The maximum absolute atomic E-state index is 13.1. The predicted octanol–water partition coefficient (Wildman–Crippen LogP) is 3.65. The summed E-state index contributed by atoms with van der Waals surface area (Å²) >= 11 is 1.45. The maximum Gasteiger partial charge on any atom is 0.273 e. The van der Waals surface area contributed by atoms with Gasteiger partial charge in [-0.05, 0) is 25.3 Å². The summed E-state index contributed by atoms with van der Waals surface area (Å²) in [6.45, 7) is 3.38. The molecule has 1 saturated heterocycles. The molecule has 7 heteroatoms. The lowest BCUT2D eigenvalue weighted by Gasteiger charge is -2.34. The minimum atomic E-state index is -0.220. The van der Waals surface area contributed by atoms with E-state index in [2.05, 4.69) is 4.98 Å². The second-order valence-electron chi connectivity index (χ2n) is 8.19. The van der Waals surface area contributed by atoms with Crippen molar-refractivity contribution in [1.82, 2.24) is 14.8 Å². The van der Waals surface area contributed by atoms with E-state index < -0.39 is 0 Å². The zero-order valence-corrected chi connectivity index (χ0v) is 18.3. The van der Waals surface area contributed by atoms with Gasteiger partial charge in [-0.25, -0.2) is 4.98 Å². The molecule has 2 aliphatic rings. The summed E-state index contributed by atoms with van der Waals surface area (Å²) in [4.78, 5) is 34.1. The lowest BCUT2D eigenvalue weighted by molar-refractivity contribution is -0.134. The molecule has 160 valence electrons. The van der Waals surface area contributed by atoms with Crippen LogP contribution in [-0.2, 0) is 16.1 Å². The quantitative estimate of drug-likeness (QED) is 0.731. The van der Waals surface area contributed by atoms with Crippen molar-refractivity contribution in [1.29, 1.82) is 0 Å². The molecule has 1 saturated carbocycles. The molecule has 1 atom stereocenters. The van der Waals surface area contributed by atoms with Gasteiger partial charge in [0.1, 0.15) is 12.2 Å². The molecule has 0 unspecified atom stereocenters. The van der Waals surface area contributed by atoms with Crippen LogP contribution in [0, 0.1) is 6.92 Å². The Morgan fingerprint density at radius 3 is 2.63 bits per heavy atom. The van der Waals surface area contributed by atoms with E-state index in [-0.39, 0.29) is 30.5 Å². The molecule has 1 aliphatic heterocycles. The Hall–Kier alpha value is -2.25. The molecule has 0 radical (unpaired) electrons. The fourth-order valence-corrected chi connectivity index (χ4v) is 4.95. The van der Waals surface area contributed by atoms with Gasteiger partial charge in [-0.3, -0.25) is 9.59 Å². The molecule has 1 aliphatic carbocycles. The van der Waals surface area contributed by atoms with Crippen LogP contribution in [0.2, 0.25) is 0 Å². The highest BCUT2D eigenvalue weighted by Crippen LogP contribution is 2.25. The second-order valence-corrected chi connectivity index (χ2v) is 9.26. The van der Waals surface area contributed by atoms with Crippen molar-refractivity contribution in [2.75, 3.05) is 19.6 Å². The van der Waals surface area contributed by atoms with Crippen LogP contribution >= 0.6 is 11.3 Å². The molecule has 2 amide bonds. The summed E-state index contributed by atoms with van der Waals surface area (Å²) in [5.74, 6) is -0.167. The minimum Gasteiger partial charge on any atom is -0.370 e. The zero-order chi connectivity index (χ0) is 20.9. The molecule has 2 fully saturated rings. The number of hydrogen-bond donors (Lipinski definition) is 0. The number of aryl methyl sites for hydroxylation is 1. The summed E-state index contributed by atoms with van der Waals surface area (Å²) in [6, 6.07) is 10.3. The Kier molecular flexibility index (Phi) is 6.79. The smallest absolute Gasteiger partial charge is 0.273 e. The van der Waals surface area contributed by atoms with Gasteiger partial charge < -0.3 is 14.5 Å². The first-order valence-electron chi connectivity index (χ1n) is 10.8. The van der Waals surface area contributed by atoms with Crippen LogP contribution in [0.1, 0.15) is 53.2 Å². The van der Waals surface area contributed by atoms with Crippen molar-refractivity contribution >= 4 is 23.2 Å². The van der Waals surface area contributed by atoms with E-state index in [4.69, 9.17) is 4.74 Å². The van der Waals surface area contributed by atoms with Gasteiger partial charge in [-0.2, -0.15) is 0 Å². The van der Waals surface area contributed by atoms with Crippen LogP contribution in [0.4, 0.5) is 0 Å². The molecular weight excluding hydrogens is 398 g/mol. The van der Waals surface area contributed by atoms with Crippen molar-refractivity contribution in [3.63, 3.8) is 0 Å². The second kappa shape index (κ2) is 9.71. The Morgan fingerprint density at radius 1 is 1.17 bits per heavy atom. The topological polar surface area (TPSA) is 62.7 Å². The Bertz CT molecular complexity index is 864. The largest absolute Gasteiger partial charge is 0.370 e. The van der Waals surface area contributed by atoms with Gasteiger partial charge >= 0.3 is 0 Å². The Morgan fingerprint density at radius 2 is 1.93 bits per heavy atom. The number of hydrogen-bond acceptors (Lipinski definition) is 5. The van der Waals surface area contributed by atoms with Crippen LogP contribution in [0.5, 0.6) is 0 Å². The van der Waals surface area contributed by atoms with Crippen LogP contribution in [0.15, 0.2) is 35.7 Å². The first-order valence-corrected chi connectivity index (χ1v) is 11.6. The lowest BCUT2D eigenvalue weighted by Crippen LogP contribution is -2.46. The number of carbonyl (C=O) groups excluding carboxylic acids is 2. The van der Waals surface area contributed by atoms with E-state index in [0.29, 0.717) is 25.4 Å². The van der Waals surface area contributed by atoms with Crippen molar-refractivity contribution in [3.05, 3.63) is 52.0 Å². The van der Waals surface area contributed by atoms with Crippen molar-refractivity contribution in [2.45, 2.75) is 57.8 Å². The van der Waals surface area contributed by atoms with Crippen molar-refractivity contribution in [3.8, 4) is 0 Å². The summed E-state index contributed by atoms with van der Waals surface area (Å²) in [5, 5.41) is 2.62. The fraction of sp³-hybridized carbons (Fsp3) is 0.522. The molecule has 1 aromatic carbocycles. The molecule has 1 aromatic heterocycles. The van der Waals surface area contributed by atoms with Crippen LogP contribution < -0.4 is 0 Å². The van der Waals surface area contributed by atoms with Crippen molar-refractivity contribution < 1.29 is 14.3 Å². The van der Waals surface area contributed by atoms with Gasteiger partial charge in [-0.1, -0.05) is 49.6 Å². The first kappa shape index (κ1) is 21.0. The monoisotopic (exact) mass is 427 g/mol. The van der Waals surface area contributed by atoms with Crippen molar-refractivity contribution in [2.24, 2.45) is 0 Å². The van der Waals surface area contributed by atoms with Crippen LogP contribution in [0.3, 0.4) is 0 Å². The van der Waals surface area contributed by atoms with E-state index in [1.165, 1.54) is 17.8 Å². The molecule has 6 nitrogen and oxygen atoms in total. The fourth-order valence-electron chi connectivity index (χ4n) is 4.36. The number of rotatable bonds is 5. The van der Waals surface area contributed by atoms with Gasteiger partial charge in [0.15, 0.2) is 0 Å². The van der Waals surface area contributed by atoms with Gasteiger partial charge in [0.25, 0.3) is 5.91 Å². The zero-order valence-electron chi connectivity index (χ0n) is 17.5. The van der Waals surface area contributed by atoms with Crippen LogP contribution in [-0.4, -0.2) is 58.4 Å². The SMILES string of the molecule is Cc1nc(C(=O)N2CC(=O)N(C3CCCCC3)C[C@H](OCc3ccccc3)C2)cs1. The van der Waals surface area contributed by atoms with Crippen LogP contribution in [0.25, 0.3) is 0 Å². The van der Waals surface area contributed by atoms with Gasteiger partial charge in [0.05, 0.1) is 17.7 Å². The number of carbonyl (C=O) groups is 2. The third-order valence-corrected chi connectivity index (χ3v) is 6.71. The normalized spacial score (nSPS) is 21.0. The Labute approximate surface area is 181 Å². The van der Waals surface area contributed by atoms with Gasteiger partial charge in [0, 0.05) is 24.5 Å². The average molecular weight is 428 g/mol. The highest BCUT2D eigenvalue weighted by atomic mass is 32.1. The number of benzene rings is 1. The number of amides is 2. The summed E-state index contributed by atoms with van der Waals surface area (Å²) in [6.07, 6.45) is 5.41. The highest BCUT2D eigenvalue weighted by Gasteiger charge is 2.35.